The largest absolute Gasteiger partial charge is 0.351 e. The fourth-order valence-electron chi connectivity index (χ4n) is 1.39. The Balaban J connectivity index is 2.87. The van der Waals surface area contributed by atoms with Crippen LogP contribution in [0.15, 0.2) is 24.4 Å². The van der Waals surface area contributed by atoms with Gasteiger partial charge in [-0.3, -0.25) is 0 Å². The van der Waals surface area contributed by atoms with Gasteiger partial charge in [0.25, 0.3) is 0 Å². The fraction of sp³-hybridized carbons (Fsp3) is 0.200. The third-order valence-corrected chi connectivity index (χ3v) is 3.33. The summed E-state index contributed by atoms with van der Waals surface area (Å²) >= 11 is 2.37. The van der Waals surface area contributed by atoms with E-state index in [2.05, 4.69) is 65.5 Å². The summed E-state index contributed by atoms with van der Waals surface area (Å²) in [5.74, 6) is 0. The van der Waals surface area contributed by atoms with E-state index in [1.165, 1.54) is 20.0 Å². The maximum Gasteiger partial charge on any atom is 0.0481 e. The summed E-state index contributed by atoms with van der Waals surface area (Å²) in [6.07, 6.45) is 2.10. The normalized spacial score (nSPS) is 10.9. The summed E-state index contributed by atoms with van der Waals surface area (Å²) in [5, 5.41) is 1.33. The molecule has 2 rings (SSSR count). The van der Waals surface area contributed by atoms with E-state index in [0.717, 1.165) is 0 Å². The summed E-state index contributed by atoms with van der Waals surface area (Å²) in [6, 6.07) is 6.61. The van der Waals surface area contributed by atoms with Gasteiger partial charge in [0, 0.05) is 27.7 Å². The lowest BCUT2D eigenvalue weighted by Crippen LogP contribution is -1.86. The highest BCUT2D eigenvalue weighted by Crippen LogP contribution is 2.21. The lowest BCUT2D eigenvalue weighted by molar-refractivity contribution is 0.968. The van der Waals surface area contributed by atoms with Crippen molar-refractivity contribution < 1.29 is 0 Å². The van der Waals surface area contributed by atoms with Gasteiger partial charge < -0.3 is 4.57 Å². The number of hydrogen-bond donors (Lipinski definition) is 0. The Labute approximate surface area is 85.5 Å². The predicted molar refractivity (Wildman–Crippen MR) is 60.4 cm³/mol. The van der Waals surface area contributed by atoms with Crippen LogP contribution in [0.3, 0.4) is 0 Å². The number of hydrogen-bond acceptors (Lipinski definition) is 0. The van der Waals surface area contributed by atoms with Crippen LogP contribution in [0.5, 0.6) is 0 Å². The van der Waals surface area contributed by atoms with Gasteiger partial charge >= 0.3 is 0 Å². The van der Waals surface area contributed by atoms with Gasteiger partial charge in [0.05, 0.1) is 0 Å². The zero-order valence-corrected chi connectivity index (χ0v) is 9.29. The second-order valence-corrected chi connectivity index (χ2v) is 4.25. The lowest BCUT2D eigenvalue weighted by atomic mass is 10.2. The van der Waals surface area contributed by atoms with E-state index in [0.29, 0.717) is 0 Å². The lowest BCUT2D eigenvalue weighted by Gasteiger charge is -2.00. The Morgan fingerprint density at radius 3 is 2.83 bits per heavy atom. The van der Waals surface area contributed by atoms with Crippen molar-refractivity contribution in [3.05, 3.63) is 33.5 Å². The minimum absolute atomic E-state index is 1.31. The van der Waals surface area contributed by atoms with Gasteiger partial charge in [-0.25, -0.2) is 0 Å². The quantitative estimate of drug-likeness (QED) is 0.649. The van der Waals surface area contributed by atoms with Crippen LogP contribution in [0, 0.1) is 10.5 Å². The van der Waals surface area contributed by atoms with Crippen LogP contribution < -0.4 is 0 Å². The number of halogens is 1. The highest BCUT2D eigenvalue weighted by molar-refractivity contribution is 14.1. The van der Waals surface area contributed by atoms with Gasteiger partial charge in [-0.05, 0) is 53.3 Å². The molecular weight excluding hydrogens is 261 g/mol. The fourth-order valence-corrected chi connectivity index (χ4v) is 1.88. The summed E-state index contributed by atoms with van der Waals surface area (Å²) in [7, 11) is 2.08. The summed E-state index contributed by atoms with van der Waals surface area (Å²) < 4.78 is 3.49. The van der Waals surface area contributed by atoms with Crippen molar-refractivity contribution in [2.45, 2.75) is 6.92 Å². The SMILES string of the molecule is Cc1cc2c(ccn2C)cc1I. The van der Waals surface area contributed by atoms with Crippen molar-refractivity contribution in [1.82, 2.24) is 4.57 Å². The van der Waals surface area contributed by atoms with E-state index in [-0.39, 0.29) is 0 Å². The Bertz CT molecular complexity index is 429. The number of fused-ring (bicyclic) bond motifs is 1. The second kappa shape index (κ2) is 2.76. The second-order valence-electron chi connectivity index (χ2n) is 3.09. The van der Waals surface area contributed by atoms with Gasteiger partial charge in [0.1, 0.15) is 0 Å². The molecule has 0 bridgehead atoms. The molecule has 0 radical (unpaired) electrons. The van der Waals surface area contributed by atoms with Crippen molar-refractivity contribution in [3.63, 3.8) is 0 Å². The molecule has 1 aromatic heterocycles. The molecule has 0 aliphatic rings. The molecule has 12 heavy (non-hydrogen) atoms. The van der Waals surface area contributed by atoms with Crippen LogP contribution in [-0.4, -0.2) is 4.57 Å². The van der Waals surface area contributed by atoms with Crippen molar-refractivity contribution in [1.29, 1.82) is 0 Å². The first kappa shape index (κ1) is 8.10. The van der Waals surface area contributed by atoms with E-state index in [1.807, 2.05) is 0 Å². The van der Waals surface area contributed by atoms with E-state index >= 15 is 0 Å². The Morgan fingerprint density at radius 1 is 1.33 bits per heavy atom. The topological polar surface area (TPSA) is 4.93 Å². The van der Waals surface area contributed by atoms with E-state index in [4.69, 9.17) is 0 Å². The van der Waals surface area contributed by atoms with E-state index in [9.17, 15) is 0 Å². The molecule has 1 aromatic carbocycles. The Hall–Kier alpha value is -0.510. The number of nitrogens with zero attached hydrogens (tertiary/aromatic N) is 1. The first-order chi connectivity index (χ1) is 5.68. The van der Waals surface area contributed by atoms with Crippen LogP contribution in [0.4, 0.5) is 0 Å². The monoisotopic (exact) mass is 271 g/mol. The van der Waals surface area contributed by atoms with Crippen LogP contribution >= 0.6 is 22.6 Å². The molecule has 0 aliphatic carbocycles. The Kier molecular flexibility index (Phi) is 1.87. The molecule has 0 amide bonds. The molecule has 0 aliphatic heterocycles. The zero-order valence-electron chi connectivity index (χ0n) is 7.13. The van der Waals surface area contributed by atoms with Crippen LogP contribution in [0.25, 0.3) is 10.9 Å². The number of rotatable bonds is 0. The molecule has 0 unspecified atom stereocenters. The van der Waals surface area contributed by atoms with Gasteiger partial charge in [-0.15, -0.1) is 0 Å². The molecule has 2 heteroatoms. The number of aromatic nitrogens is 1. The van der Waals surface area contributed by atoms with Crippen LogP contribution in [0.2, 0.25) is 0 Å². The van der Waals surface area contributed by atoms with Crippen molar-refractivity contribution in [2.24, 2.45) is 7.05 Å². The smallest absolute Gasteiger partial charge is 0.0481 e. The third-order valence-electron chi connectivity index (χ3n) is 2.17. The molecule has 1 heterocycles. The van der Waals surface area contributed by atoms with Crippen LogP contribution in [-0.2, 0) is 7.05 Å². The third kappa shape index (κ3) is 1.14. The first-order valence-corrected chi connectivity index (χ1v) is 4.97. The maximum atomic E-state index is 2.37. The molecule has 0 spiro atoms. The van der Waals surface area contributed by atoms with E-state index < -0.39 is 0 Å². The van der Waals surface area contributed by atoms with Crippen molar-refractivity contribution in [2.75, 3.05) is 0 Å². The zero-order chi connectivity index (χ0) is 8.72. The molecule has 0 saturated heterocycles. The molecule has 0 atom stereocenters. The molecule has 62 valence electrons. The average molecular weight is 271 g/mol. The average Bonchev–Trinajstić information content (AvgIpc) is 2.35. The van der Waals surface area contributed by atoms with E-state index in [1.54, 1.807) is 0 Å². The van der Waals surface area contributed by atoms with Gasteiger partial charge in [-0.2, -0.15) is 0 Å². The number of aryl methyl sites for hydroxylation is 2. The first-order valence-electron chi connectivity index (χ1n) is 3.89. The molecular formula is C10H10IN. The molecule has 0 saturated carbocycles. The predicted octanol–water partition coefficient (Wildman–Crippen LogP) is 3.09. The minimum Gasteiger partial charge on any atom is -0.351 e. The molecule has 0 fully saturated rings. The Morgan fingerprint density at radius 2 is 2.08 bits per heavy atom. The maximum absolute atomic E-state index is 2.37. The summed E-state index contributed by atoms with van der Waals surface area (Å²) in [5.41, 5.74) is 2.66. The van der Waals surface area contributed by atoms with Crippen LogP contribution in [0.1, 0.15) is 5.56 Å². The highest BCUT2D eigenvalue weighted by Gasteiger charge is 2.00. The van der Waals surface area contributed by atoms with Gasteiger partial charge in [0.2, 0.25) is 0 Å². The van der Waals surface area contributed by atoms with Crippen molar-refractivity contribution >= 4 is 33.5 Å². The standard InChI is InChI=1S/C10H10IN/c1-7-5-10-8(6-9(7)11)3-4-12(10)2/h3-6H,1-2H3. The summed E-state index contributed by atoms with van der Waals surface area (Å²) in [6.45, 7) is 2.15. The highest BCUT2D eigenvalue weighted by atomic mass is 127. The molecule has 1 nitrogen and oxygen atoms in total. The number of benzene rings is 1. The minimum atomic E-state index is 1.31. The molecule has 0 N–H and O–H groups in total. The van der Waals surface area contributed by atoms with Crippen molar-refractivity contribution in [3.8, 4) is 0 Å². The van der Waals surface area contributed by atoms with Gasteiger partial charge in [-0.1, -0.05) is 0 Å². The summed E-state index contributed by atoms with van der Waals surface area (Å²) in [4.78, 5) is 0. The molecule has 2 aromatic rings. The van der Waals surface area contributed by atoms with Gasteiger partial charge in [0.15, 0.2) is 0 Å².